The molecule has 1 heterocycles. The Labute approximate surface area is 104 Å². The summed E-state index contributed by atoms with van der Waals surface area (Å²) in [6.45, 7) is 7.17. The van der Waals surface area contributed by atoms with Gasteiger partial charge >= 0.3 is 11.1 Å². The summed E-state index contributed by atoms with van der Waals surface area (Å²) in [4.78, 5) is 23.6. The maximum absolute atomic E-state index is 11.8. The van der Waals surface area contributed by atoms with E-state index in [1.165, 1.54) is 12.2 Å². The van der Waals surface area contributed by atoms with Gasteiger partial charge in [-0.05, 0) is 24.0 Å². The first kappa shape index (κ1) is 14.1. The van der Waals surface area contributed by atoms with Crippen LogP contribution in [-0.4, -0.2) is 19.9 Å². The van der Waals surface area contributed by atoms with Crippen LogP contribution >= 0.6 is 0 Å². The average Bonchev–Trinajstić information content (AvgIpc) is 2.27. The largest absolute Gasteiger partial charge is 0.425 e. The van der Waals surface area contributed by atoms with E-state index in [-0.39, 0.29) is 32.0 Å². The summed E-state index contributed by atoms with van der Waals surface area (Å²) >= 11 is 0. The fourth-order valence-corrected chi connectivity index (χ4v) is 1.53. The number of nitrogens with zero attached hydrogens (tertiary/aromatic N) is 2. The molecule has 0 aliphatic heterocycles. The van der Waals surface area contributed by atoms with Crippen molar-refractivity contribution in [1.29, 1.82) is 0 Å². The molecule has 1 aromatic heterocycles. The lowest BCUT2D eigenvalue weighted by molar-refractivity contribution is 0.123. The lowest BCUT2D eigenvalue weighted by atomic mass is 10.2. The SMILES string of the molecule is CC(C)C=c1c(=O)n(O)c(=CC(C)C)c(=O)n1O. The van der Waals surface area contributed by atoms with Gasteiger partial charge in [0.15, 0.2) is 0 Å². The topological polar surface area (TPSA) is 84.5 Å². The number of hydrogen-bond donors (Lipinski definition) is 2. The molecule has 0 saturated heterocycles. The highest BCUT2D eigenvalue weighted by atomic mass is 16.5. The molecule has 0 aliphatic carbocycles. The molecule has 0 saturated carbocycles. The summed E-state index contributed by atoms with van der Waals surface area (Å²) in [5, 5.41) is 18.9. The van der Waals surface area contributed by atoms with Gasteiger partial charge in [-0.2, -0.15) is 0 Å². The molecule has 0 aromatic carbocycles. The molecule has 6 heteroatoms. The predicted molar refractivity (Wildman–Crippen MR) is 67.2 cm³/mol. The third kappa shape index (κ3) is 2.64. The van der Waals surface area contributed by atoms with Crippen molar-refractivity contribution in [3.63, 3.8) is 0 Å². The van der Waals surface area contributed by atoms with E-state index in [4.69, 9.17) is 0 Å². The highest BCUT2D eigenvalue weighted by Gasteiger charge is 2.09. The van der Waals surface area contributed by atoms with Gasteiger partial charge in [-0.1, -0.05) is 27.7 Å². The second-order valence-corrected chi connectivity index (χ2v) is 4.83. The van der Waals surface area contributed by atoms with Crippen molar-refractivity contribution in [3.05, 3.63) is 31.4 Å². The normalized spacial score (nSPS) is 13.9. The second-order valence-electron chi connectivity index (χ2n) is 4.83. The summed E-state index contributed by atoms with van der Waals surface area (Å²) in [5.74, 6) is -0.0918. The number of aromatic nitrogens is 2. The fourth-order valence-electron chi connectivity index (χ4n) is 1.53. The van der Waals surface area contributed by atoms with Gasteiger partial charge in [-0.3, -0.25) is 9.59 Å². The summed E-state index contributed by atoms with van der Waals surface area (Å²) < 4.78 is 0.562. The maximum Gasteiger partial charge on any atom is 0.310 e. The summed E-state index contributed by atoms with van der Waals surface area (Å²) in [6.07, 6.45) is 2.82. The molecule has 0 radical (unpaired) electrons. The summed E-state index contributed by atoms with van der Waals surface area (Å²) in [6, 6.07) is 0. The lowest BCUT2D eigenvalue weighted by Gasteiger charge is -2.04. The minimum atomic E-state index is -0.822. The van der Waals surface area contributed by atoms with Crippen molar-refractivity contribution in [2.45, 2.75) is 27.7 Å². The van der Waals surface area contributed by atoms with Crippen molar-refractivity contribution in [3.8, 4) is 0 Å². The Morgan fingerprint density at radius 1 is 0.833 bits per heavy atom. The first-order valence-corrected chi connectivity index (χ1v) is 5.76. The molecule has 0 bridgehead atoms. The summed E-state index contributed by atoms with van der Waals surface area (Å²) in [5.41, 5.74) is -1.64. The van der Waals surface area contributed by atoms with Gasteiger partial charge in [-0.15, -0.1) is 9.46 Å². The zero-order chi connectivity index (χ0) is 14.0. The van der Waals surface area contributed by atoms with Crippen LogP contribution in [0.1, 0.15) is 27.7 Å². The molecule has 1 aromatic rings. The lowest BCUT2D eigenvalue weighted by Crippen LogP contribution is -2.57. The Hall–Kier alpha value is -1.98. The monoisotopic (exact) mass is 254 g/mol. The summed E-state index contributed by atoms with van der Waals surface area (Å²) in [7, 11) is 0. The zero-order valence-electron chi connectivity index (χ0n) is 10.9. The van der Waals surface area contributed by atoms with Crippen LogP contribution in [0.4, 0.5) is 0 Å². The first-order valence-electron chi connectivity index (χ1n) is 5.76. The molecule has 0 unspecified atom stereocenters. The number of hydrogen-bond acceptors (Lipinski definition) is 4. The molecule has 18 heavy (non-hydrogen) atoms. The van der Waals surface area contributed by atoms with Crippen molar-refractivity contribution in [2.75, 3.05) is 0 Å². The van der Waals surface area contributed by atoms with Crippen LogP contribution in [0.3, 0.4) is 0 Å². The Balaban J connectivity index is 3.91. The molecule has 0 atom stereocenters. The van der Waals surface area contributed by atoms with E-state index in [1.807, 2.05) is 0 Å². The molecular weight excluding hydrogens is 236 g/mol. The third-order valence-corrected chi connectivity index (χ3v) is 2.26. The van der Waals surface area contributed by atoms with Crippen LogP contribution in [0.25, 0.3) is 12.2 Å². The number of rotatable bonds is 2. The van der Waals surface area contributed by atoms with Crippen LogP contribution in [-0.2, 0) is 0 Å². The van der Waals surface area contributed by atoms with Gasteiger partial charge in [-0.25, -0.2) is 0 Å². The van der Waals surface area contributed by atoms with Gasteiger partial charge < -0.3 is 10.4 Å². The molecule has 1 rings (SSSR count). The standard InChI is InChI=1S/C12H18N2O4/c1-7(2)5-9-11(15)14(18)10(6-8(3)4)12(16)13(9)17/h5-8,17-18H,1-4H3. The van der Waals surface area contributed by atoms with Crippen LogP contribution < -0.4 is 21.8 Å². The van der Waals surface area contributed by atoms with Crippen molar-refractivity contribution in [1.82, 2.24) is 9.46 Å². The smallest absolute Gasteiger partial charge is 0.310 e. The van der Waals surface area contributed by atoms with E-state index in [2.05, 4.69) is 0 Å². The maximum atomic E-state index is 11.8. The Bertz CT molecular complexity index is 605. The molecule has 2 N–H and O–H groups in total. The average molecular weight is 254 g/mol. The fraction of sp³-hybridized carbons (Fsp3) is 0.500. The second kappa shape index (κ2) is 5.12. The first-order chi connectivity index (χ1) is 8.25. The molecule has 0 aliphatic rings. The third-order valence-electron chi connectivity index (χ3n) is 2.26. The highest BCUT2D eigenvalue weighted by molar-refractivity contribution is 5.23. The van der Waals surface area contributed by atoms with Crippen molar-refractivity contribution in [2.24, 2.45) is 11.8 Å². The minimum Gasteiger partial charge on any atom is -0.425 e. The van der Waals surface area contributed by atoms with Crippen LogP contribution in [0, 0.1) is 11.8 Å². The Kier molecular flexibility index (Phi) is 4.00. The van der Waals surface area contributed by atoms with Gasteiger partial charge in [0, 0.05) is 0 Å². The molecule has 0 amide bonds. The minimum absolute atomic E-state index is 0.0459. The van der Waals surface area contributed by atoms with Crippen molar-refractivity contribution >= 4 is 12.2 Å². The van der Waals surface area contributed by atoms with E-state index >= 15 is 0 Å². The van der Waals surface area contributed by atoms with Gasteiger partial charge in [0.25, 0.3) is 0 Å². The van der Waals surface area contributed by atoms with Gasteiger partial charge in [0.1, 0.15) is 10.7 Å². The van der Waals surface area contributed by atoms with E-state index in [9.17, 15) is 20.0 Å². The van der Waals surface area contributed by atoms with E-state index in [0.29, 0.717) is 0 Å². The van der Waals surface area contributed by atoms with Crippen LogP contribution in [0.2, 0.25) is 0 Å². The molecule has 100 valence electrons. The zero-order valence-corrected chi connectivity index (χ0v) is 10.9. The predicted octanol–water partition coefficient (Wildman–Crippen LogP) is -0.642. The molecule has 0 fully saturated rings. The van der Waals surface area contributed by atoms with E-state index < -0.39 is 11.1 Å². The van der Waals surface area contributed by atoms with Crippen LogP contribution in [0.5, 0.6) is 0 Å². The molecule has 6 nitrogen and oxygen atoms in total. The Morgan fingerprint density at radius 2 is 1.11 bits per heavy atom. The molecule has 0 spiro atoms. The van der Waals surface area contributed by atoms with E-state index in [1.54, 1.807) is 27.7 Å². The van der Waals surface area contributed by atoms with Gasteiger partial charge in [0.05, 0.1) is 0 Å². The quantitative estimate of drug-likeness (QED) is 0.687. The van der Waals surface area contributed by atoms with Crippen LogP contribution in [0.15, 0.2) is 9.59 Å². The van der Waals surface area contributed by atoms with E-state index in [0.717, 1.165) is 0 Å². The highest BCUT2D eigenvalue weighted by Crippen LogP contribution is 1.90. The Morgan fingerprint density at radius 3 is 1.33 bits per heavy atom. The van der Waals surface area contributed by atoms with Gasteiger partial charge in [0.2, 0.25) is 0 Å². The van der Waals surface area contributed by atoms with Crippen molar-refractivity contribution < 1.29 is 10.4 Å². The molecular formula is C12H18N2O4.